The van der Waals surface area contributed by atoms with Gasteiger partial charge in [-0.15, -0.1) is 0 Å². The summed E-state index contributed by atoms with van der Waals surface area (Å²) in [6.45, 7) is 5.20. The monoisotopic (exact) mass is 534 g/mol. The molecular formula is C37H34N4. The van der Waals surface area contributed by atoms with Gasteiger partial charge in [-0.25, -0.2) is 0 Å². The highest BCUT2D eigenvalue weighted by atomic mass is 15.3. The lowest BCUT2D eigenvalue weighted by Gasteiger charge is -2.25. The molecular weight excluding hydrogens is 500 g/mol. The van der Waals surface area contributed by atoms with Crippen LogP contribution in [0.5, 0.6) is 0 Å². The Morgan fingerprint density at radius 2 is 1.71 bits per heavy atom. The molecule has 3 aromatic carbocycles. The molecule has 4 heteroatoms. The third-order valence-electron chi connectivity index (χ3n) is 9.20. The highest BCUT2D eigenvalue weighted by Gasteiger charge is 2.38. The largest absolute Gasteiger partial charge is 0.340 e. The second kappa shape index (κ2) is 9.17. The molecule has 2 atom stereocenters. The van der Waals surface area contributed by atoms with Crippen molar-refractivity contribution in [3.8, 4) is 5.69 Å². The van der Waals surface area contributed by atoms with Crippen LogP contribution in [-0.4, -0.2) is 15.8 Å². The Bertz CT molecular complexity index is 1960. The van der Waals surface area contributed by atoms with Gasteiger partial charge in [-0.05, 0) is 73.2 Å². The standard InChI is InChI=1S/C37H34N4/c1-3-4-5-11-20-39-30-15-10-9-14-26(30)28-22-29-35(23-33(28)39)41(38)32-19-18-31-36(37(29)32)27-17-16-24(2)21-34(27)40(31)25-12-7-6-8-13-25/h3-19,23-24,28H,20-22,38H2,1-2H3/b4-3-,11-5-. The molecule has 2 aliphatic carbocycles. The zero-order chi connectivity index (χ0) is 27.7. The number of fused-ring (bicyclic) bond motifs is 10. The number of aromatic nitrogens is 2. The number of nitrogens with zero attached hydrogens (tertiary/aromatic N) is 3. The summed E-state index contributed by atoms with van der Waals surface area (Å²) in [5.74, 6) is 7.77. The third-order valence-corrected chi connectivity index (χ3v) is 9.20. The van der Waals surface area contributed by atoms with Gasteiger partial charge in [0.25, 0.3) is 0 Å². The van der Waals surface area contributed by atoms with E-state index in [9.17, 15) is 0 Å². The maximum atomic E-state index is 6.95. The molecule has 0 amide bonds. The Morgan fingerprint density at radius 1 is 0.902 bits per heavy atom. The van der Waals surface area contributed by atoms with Gasteiger partial charge < -0.3 is 15.3 Å². The predicted octanol–water partition coefficient (Wildman–Crippen LogP) is 8.14. The van der Waals surface area contributed by atoms with E-state index in [1.807, 2.05) is 4.68 Å². The van der Waals surface area contributed by atoms with Crippen molar-refractivity contribution in [2.24, 2.45) is 5.92 Å². The van der Waals surface area contributed by atoms with E-state index in [1.165, 1.54) is 55.7 Å². The van der Waals surface area contributed by atoms with Crippen LogP contribution in [0.2, 0.25) is 0 Å². The van der Waals surface area contributed by atoms with Crippen molar-refractivity contribution in [3.63, 3.8) is 0 Å². The van der Waals surface area contributed by atoms with E-state index in [2.05, 4.69) is 133 Å². The van der Waals surface area contributed by atoms with Crippen molar-refractivity contribution in [2.45, 2.75) is 32.6 Å². The van der Waals surface area contributed by atoms with Crippen LogP contribution >= 0.6 is 0 Å². The first kappa shape index (κ1) is 24.1. The smallest absolute Gasteiger partial charge is 0.0708 e. The fourth-order valence-electron chi connectivity index (χ4n) is 7.42. The number of anilines is 1. The van der Waals surface area contributed by atoms with E-state index in [0.717, 1.165) is 30.6 Å². The first-order chi connectivity index (χ1) is 20.2. The third kappa shape index (κ3) is 3.46. The van der Waals surface area contributed by atoms with Crippen LogP contribution in [0.3, 0.4) is 0 Å². The lowest BCUT2D eigenvalue weighted by Crippen LogP contribution is -2.23. The average molecular weight is 535 g/mol. The van der Waals surface area contributed by atoms with Crippen LogP contribution in [0.4, 0.5) is 5.69 Å². The van der Waals surface area contributed by atoms with Gasteiger partial charge in [0, 0.05) is 51.6 Å². The number of nitrogens with two attached hydrogens (primary N) is 1. The quantitative estimate of drug-likeness (QED) is 0.187. The Labute approximate surface area is 241 Å². The molecule has 0 radical (unpaired) electrons. The Balaban J connectivity index is 1.38. The minimum atomic E-state index is 0.317. The van der Waals surface area contributed by atoms with Crippen molar-refractivity contribution >= 4 is 39.6 Å². The number of rotatable bonds is 4. The molecule has 1 aliphatic heterocycles. The summed E-state index contributed by atoms with van der Waals surface area (Å²) < 4.78 is 4.42. The van der Waals surface area contributed by atoms with Gasteiger partial charge in [-0.2, -0.15) is 0 Å². The van der Waals surface area contributed by atoms with Gasteiger partial charge in [0.05, 0.1) is 16.7 Å². The number of hydrogen-bond acceptors (Lipinski definition) is 2. The summed E-state index contributed by atoms with van der Waals surface area (Å²) in [6.07, 6.45) is 17.6. The molecule has 0 saturated carbocycles. The van der Waals surface area contributed by atoms with E-state index in [1.54, 1.807) is 0 Å². The normalized spacial score (nSPS) is 19.3. The maximum Gasteiger partial charge on any atom is 0.0708 e. The zero-order valence-electron chi connectivity index (χ0n) is 23.6. The molecule has 0 bridgehead atoms. The Kier molecular flexibility index (Phi) is 5.40. The van der Waals surface area contributed by atoms with Gasteiger partial charge in [0.15, 0.2) is 0 Å². The van der Waals surface area contributed by atoms with Gasteiger partial charge >= 0.3 is 0 Å². The summed E-state index contributed by atoms with van der Waals surface area (Å²) in [7, 11) is 0. The van der Waals surface area contributed by atoms with Crippen molar-refractivity contribution in [1.29, 1.82) is 0 Å². The second-order valence-electron chi connectivity index (χ2n) is 11.6. The van der Waals surface area contributed by atoms with Crippen molar-refractivity contribution < 1.29 is 0 Å². The molecule has 3 heterocycles. The van der Waals surface area contributed by atoms with Crippen LogP contribution < -0.4 is 10.7 Å². The van der Waals surface area contributed by atoms with E-state index in [4.69, 9.17) is 5.84 Å². The molecule has 2 aromatic heterocycles. The average Bonchev–Trinajstić information content (AvgIpc) is 3.60. The molecule has 0 spiro atoms. The SMILES string of the molecule is C/C=C\C=C/CN1C2=Cc3c(c4c5c6c(n(-c7ccccc7)c5ccc4n3N)CC(C)C=C6)CC2c2ccccc21. The van der Waals surface area contributed by atoms with E-state index >= 15 is 0 Å². The van der Waals surface area contributed by atoms with E-state index in [0.29, 0.717) is 11.8 Å². The molecule has 3 aliphatic rings. The fraction of sp³-hybridized carbons (Fsp3) is 0.189. The van der Waals surface area contributed by atoms with E-state index < -0.39 is 0 Å². The molecule has 4 nitrogen and oxygen atoms in total. The summed E-state index contributed by atoms with van der Waals surface area (Å²) in [6, 6.07) is 24.2. The molecule has 5 aromatic rings. The number of hydrogen-bond donors (Lipinski definition) is 1. The minimum absolute atomic E-state index is 0.317. The molecule has 2 unspecified atom stereocenters. The highest BCUT2D eigenvalue weighted by molar-refractivity contribution is 6.14. The lowest BCUT2D eigenvalue weighted by molar-refractivity contribution is 0.690. The van der Waals surface area contributed by atoms with Crippen LogP contribution in [0.15, 0.2) is 103 Å². The van der Waals surface area contributed by atoms with Crippen LogP contribution in [0.1, 0.15) is 47.8 Å². The summed E-state index contributed by atoms with van der Waals surface area (Å²) in [4.78, 5) is 2.47. The van der Waals surface area contributed by atoms with Crippen molar-refractivity contribution in [2.75, 3.05) is 17.3 Å². The molecule has 0 saturated heterocycles. The summed E-state index contributed by atoms with van der Waals surface area (Å²) in [5.41, 5.74) is 12.9. The summed E-state index contributed by atoms with van der Waals surface area (Å²) >= 11 is 0. The summed E-state index contributed by atoms with van der Waals surface area (Å²) in [5, 5.41) is 2.64. The van der Waals surface area contributed by atoms with Gasteiger partial charge in [-0.1, -0.05) is 79.8 Å². The first-order valence-corrected chi connectivity index (χ1v) is 14.7. The lowest BCUT2D eigenvalue weighted by atomic mass is 9.85. The number of nitrogen functional groups attached to an aromatic ring is 1. The fourth-order valence-corrected chi connectivity index (χ4v) is 7.42. The predicted molar refractivity (Wildman–Crippen MR) is 173 cm³/mol. The second-order valence-corrected chi connectivity index (χ2v) is 11.6. The van der Waals surface area contributed by atoms with Gasteiger partial charge in [-0.3, -0.25) is 4.68 Å². The van der Waals surface area contributed by atoms with Crippen LogP contribution in [0.25, 0.3) is 39.6 Å². The molecule has 8 rings (SSSR count). The van der Waals surface area contributed by atoms with Gasteiger partial charge in [0.2, 0.25) is 0 Å². The number of benzene rings is 3. The zero-order valence-corrected chi connectivity index (χ0v) is 23.6. The van der Waals surface area contributed by atoms with Crippen LogP contribution in [-0.2, 0) is 12.8 Å². The number of para-hydroxylation sites is 2. The van der Waals surface area contributed by atoms with E-state index in [-0.39, 0.29) is 0 Å². The molecule has 2 N–H and O–H groups in total. The molecule has 0 fully saturated rings. The van der Waals surface area contributed by atoms with Crippen molar-refractivity contribution in [1.82, 2.24) is 9.24 Å². The minimum Gasteiger partial charge on any atom is -0.340 e. The Morgan fingerprint density at radius 3 is 2.56 bits per heavy atom. The molecule has 41 heavy (non-hydrogen) atoms. The Hall–Kier alpha value is -4.70. The van der Waals surface area contributed by atoms with Crippen LogP contribution in [0, 0.1) is 5.92 Å². The first-order valence-electron chi connectivity index (χ1n) is 14.7. The maximum absolute atomic E-state index is 6.95. The number of allylic oxidation sites excluding steroid dienone is 5. The van der Waals surface area contributed by atoms with Gasteiger partial charge in [0.1, 0.15) is 0 Å². The highest BCUT2D eigenvalue weighted by Crippen LogP contribution is 2.51. The topological polar surface area (TPSA) is 39.1 Å². The molecule has 202 valence electrons. The van der Waals surface area contributed by atoms with Crippen molar-refractivity contribution in [3.05, 3.63) is 131 Å².